The van der Waals surface area contributed by atoms with Gasteiger partial charge in [0.2, 0.25) is 0 Å². The number of nitrogen functional groups attached to an aromatic ring is 1. The summed E-state index contributed by atoms with van der Waals surface area (Å²) in [6.45, 7) is 0. The zero-order valence-corrected chi connectivity index (χ0v) is 10.2. The van der Waals surface area contributed by atoms with Gasteiger partial charge >= 0.3 is 0 Å². The maximum Gasteiger partial charge on any atom is 0.135 e. The van der Waals surface area contributed by atoms with Crippen LogP contribution in [-0.4, -0.2) is 26.6 Å². The van der Waals surface area contributed by atoms with E-state index in [9.17, 15) is 10.2 Å². The summed E-state index contributed by atoms with van der Waals surface area (Å²) in [6.07, 6.45) is -0.127. The summed E-state index contributed by atoms with van der Waals surface area (Å²) >= 11 is 8.97. The number of aromatic nitrogens is 1. The number of rotatable bonds is 4. The molecule has 2 unspecified atom stereocenters. The van der Waals surface area contributed by atoms with Gasteiger partial charge in [-0.05, 0) is 12.5 Å². The predicted molar refractivity (Wildman–Crippen MR) is 63.0 cm³/mol. The van der Waals surface area contributed by atoms with Crippen molar-refractivity contribution in [2.24, 2.45) is 0 Å². The molecule has 2 atom stereocenters. The van der Waals surface area contributed by atoms with Gasteiger partial charge in [-0.2, -0.15) is 0 Å². The number of halogens is 2. The Hall–Kier alpha value is -0.360. The lowest BCUT2D eigenvalue weighted by Crippen LogP contribution is -2.19. The Labute approximate surface area is 101 Å². The third-order valence-corrected chi connectivity index (χ3v) is 2.75. The first-order valence-corrected chi connectivity index (χ1v) is 5.89. The van der Waals surface area contributed by atoms with Crippen molar-refractivity contribution in [2.75, 3.05) is 11.1 Å². The van der Waals surface area contributed by atoms with Gasteiger partial charge < -0.3 is 15.9 Å². The van der Waals surface area contributed by atoms with Gasteiger partial charge in [0, 0.05) is 10.9 Å². The van der Waals surface area contributed by atoms with Crippen molar-refractivity contribution < 1.29 is 10.2 Å². The number of nitrogens with two attached hydrogens (primary N) is 1. The molecule has 0 aliphatic rings. The highest BCUT2D eigenvalue weighted by atomic mass is 79.9. The lowest BCUT2D eigenvalue weighted by Gasteiger charge is -2.18. The number of pyridine rings is 1. The predicted octanol–water partition coefficient (Wildman–Crippen LogP) is 1.50. The number of hydrogen-bond acceptors (Lipinski definition) is 4. The van der Waals surface area contributed by atoms with E-state index in [2.05, 4.69) is 20.9 Å². The maximum atomic E-state index is 9.77. The second-order valence-electron chi connectivity index (χ2n) is 3.14. The summed E-state index contributed by atoms with van der Waals surface area (Å²) < 4.78 is 0. The molecule has 4 N–H and O–H groups in total. The molecule has 1 aromatic heterocycles. The van der Waals surface area contributed by atoms with E-state index in [0.717, 1.165) is 0 Å². The standard InChI is InChI=1S/C9H12BrClN2O2/c10-2-1-7(14)8(15)6-3-5(12)4-13-9(6)11/h3-4,7-8,14-15H,1-2,12H2. The third kappa shape index (κ3) is 3.31. The molecule has 6 heteroatoms. The Kier molecular flexibility index (Phi) is 4.79. The van der Waals surface area contributed by atoms with Crippen molar-refractivity contribution in [1.82, 2.24) is 4.98 Å². The van der Waals surface area contributed by atoms with Crippen LogP contribution < -0.4 is 5.73 Å². The Balaban J connectivity index is 2.89. The minimum absolute atomic E-state index is 0.158. The highest BCUT2D eigenvalue weighted by Crippen LogP contribution is 2.26. The summed E-state index contributed by atoms with van der Waals surface area (Å²) in [7, 11) is 0. The average Bonchev–Trinajstić information content (AvgIpc) is 2.21. The van der Waals surface area contributed by atoms with Crippen LogP contribution in [0.3, 0.4) is 0 Å². The Morgan fingerprint density at radius 2 is 2.20 bits per heavy atom. The molecule has 1 aromatic rings. The Morgan fingerprint density at radius 1 is 1.53 bits per heavy atom. The molecule has 0 amide bonds. The van der Waals surface area contributed by atoms with Gasteiger partial charge in [0.1, 0.15) is 11.3 Å². The summed E-state index contributed by atoms with van der Waals surface area (Å²) in [4.78, 5) is 3.80. The molecule has 1 rings (SSSR count). The fourth-order valence-electron chi connectivity index (χ4n) is 1.17. The van der Waals surface area contributed by atoms with Crippen molar-refractivity contribution >= 4 is 33.2 Å². The molecule has 0 bridgehead atoms. The third-order valence-electron chi connectivity index (χ3n) is 1.98. The van der Waals surface area contributed by atoms with Crippen LogP contribution in [0.25, 0.3) is 0 Å². The summed E-state index contributed by atoms with van der Waals surface area (Å²) in [5.74, 6) is 0. The molecule has 15 heavy (non-hydrogen) atoms. The quantitative estimate of drug-likeness (QED) is 0.581. The molecule has 0 fully saturated rings. The molecular formula is C9H12BrClN2O2. The number of hydrogen-bond donors (Lipinski definition) is 3. The van der Waals surface area contributed by atoms with Gasteiger partial charge in [-0.1, -0.05) is 27.5 Å². The SMILES string of the molecule is Nc1cnc(Cl)c(C(O)C(O)CCBr)c1. The zero-order chi connectivity index (χ0) is 11.4. The average molecular weight is 296 g/mol. The molecule has 0 aliphatic carbocycles. The van der Waals surface area contributed by atoms with Crippen LogP contribution in [-0.2, 0) is 0 Å². The first kappa shape index (κ1) is 12.7. The molecule has 0 saturated heterocycles. The largest absolute Gasteiger partial charge is 0.397 e. The van der Waals surface area contributed by atoms with Crippen molar-refractivity contribution in [3.8, 4) is 0 Å². The van der Waals surface area contributed by atoms with Crippen LogP contribution in [0.4, 0.5) is 5.69 Å². The smallest absolute Gasteiger partial charge is 0.135 e. The molecule has 0 saturated carbocycles. The van der Waals surface area contributed by atoms with Crippen LogP contribution in [0, 0.1) is 0 Å². The van der Waals surface area contributed by atoms with Crippen LogP contribution in [0.2, 0.25) is 5.15 Å². The molecule has 84 valence electrons. The van der Waals surface area contributed by atoms with Gasteiger partial charge in [0.15, 0.2) is 0 Å². The summed E-state index contributed by atoms with van der Waals surface area (Å²) in [6, 6.07) is 1.51. The van der Waals surface area contributed by atoms with E-state index in [-0.39, 0.29) is 5.15 Å². The van der Waals surface area contributed by atoms with E-state index in [1.165, 1.54) is 12.3 Å². The van der Waals surface area contributed by atoms with Gasteiger partial charge in [0.05, 0.1) is 18.0 Å². The molecule has 0 aliphatic heterocycles. The fourth-order valence-corrected chi connectivity index (χ4v) is 1.85. The monoisotopic (exact) mass is 294 g/mol. The molecule has 0 aromatic carbocycles. The minimum Gasteiger partial charge on any atom is -0.397 e. The van der Waals surface area contributed by atoms with E-state index < -0.39 is 12.2 Å². The Bertz CT molecular complexity index is 338. The minimum atomic E-state index is -1.06. The number of anilines is 1. The maximum absolute atomic E-state index is 9.77. The van der Waals surface area contributed by atoms with Crippen molar-refractivity contribution in [3.05, 3.63) is 23.0 Å². The normalized spacial score (nSPS) is 14.9. The van der Waals surface area contributed by atoms with E-state index in [1.807, 2.05) is 0 Å². The van der Waals surface area contributed by atoms with Crippen molar-refractivity contribution in [1.29, 1.82) is 0 Å². The lowest BCUT2D eigenvalue weighted by atomic mass is 10.0. The number of alkyl halides is 1. The lowest BCUT2D eigenvalue weighted by molar-refractivity contribution is 0.0172. The van der Waals surface area contributed by atoms with Crippen LogP contribution in [0.1, 0.15) is 18.1 Å². The van der Waals surface area contributed by atoms with E-state index in [0.29, 0.717) is 23.0 Å². The van der Waals surface area contributed by atoms with E-state index >= 15 is 0 Å². The number of aliphatic hydroxyl groups is 2. The first-order valence-electron chi connectivity index (χ1n) is 4.39. The topological polar surface area (TPSA) is 79.4 Å². The number of aliphatic hydroxyl groups excluding tert-OH is 2. The van der Waals surface area contributed by atoms with Crippen LogP contribution in [0.15, 0.2) is 12.3 Å². The molecule has 0 spiro atoms. The molecular weight excluding hydrogens is 283 g/mol. The van der Waals surface area contributed by atoms with Gasteiger partial charge in [-0.25, -0.2) is 4.98 Å². The second-order valence-corrected chi connectivity index (χ2v) is 4.29. The first-order chi connectivity index (χ1) is 7.06. The van der Waals surface area contributed by atoms with Gasteiger partial charge in [-0.3, -0.25) is 0 Å². The summed E-state index contributed by atoms with van der Waals surface area (Å²) in [5, 5.41) is 20.1. The fraction of sp³-hybridized carbons (Fsp3) is 0.444. The second kappa shape index (κ2) is 5.65. The van der Waals surface area contributed by atoms with Gasteiger partial charge in [0.25, 0.3) is 0 Å². The Morgan fingerprint density at radius 3 is 2.80 bits per heavy atom. The van der Waals surface area contributed by atoms with Crippen molar-refractivity contribution in [3.63, 3.8) is 0 Å². The zero-order valence-electron chi connectivity index (χ0n) is 7.90. The van der Waals surface area contributed by atoms with Crippen LogP contribution in [0.5, 0.6) is 0 Å². The molecule has 1 heterocycles. The van der Waals surface area contributed by atoms with Crippen molar-refractivity contribution in [2.45, 2.75) is 18.6 Å². The van der Waals surface area contributed by atoms with E-state index in [1.54, 1.807) is 0 Å². The molecule has 0 radical (unpaired) electrons. The highest BCUT2D eigenvalue weighted by molar-refractivity contribution is 9.09. The number of nitrogens with zero attached hydrogens (tertiary/aromatic N) is 1. The highest BCUT2D eigenvalue weighted by Gasteiger charge is 2.21. The van der Waals surface area contributed by atoms with Crippen LogP contribution >= 0.6 is 27.5 Å². The molecule has 4 nitrogen and oxygen atoms in total. The van der Waals surface area contributed by atoms with Gasteiger partial charge in [-0.15, -0.1) is 0 Å². The summed E-state index contributed by atoms with van der Waals surface area (Å²) in [5.41, 5.74) is 6.27. The van der Waals surface area contributed by atoms with E-state index in [4.69, 9.17) is 17.3 Å².